The van der Waals surface area contributed by atoms with Crippen molar-refractivity contribution >= 4 is 11.7 Å². The van der Waals surface area contributed by atoms with Crippen molar-refractivity contribution in [3.8, 4) is 6.07 Å². The number of carboxylic acid groups (broad SMARTS) is 1. The highest BCUT2D eigenvalue weighted by Gasteiger charge is 2.37. The predicted molar refractivity (Wildman–Crippen MR) is 75.6 cm³/mol. The number of pyridine rings is 1. The summed E-state index contributed by atoms with van der Waals surface area (Å²) in [7, 11) is 0. The molecular formula is C15H19N3O2. The van der Waals surface area contributed by atoms with Crippen LogP contribution in [0, 0.1) is 30.6 Å². The van der Waals surface area contributed by atoms with Gasteiger partial charge in [-0.15, -0.1) is 0 Å². The number of hydrogen-bond donors (Lipinski definition) is 1. The molecule has 1 aromatic heterocycles. The molecule has 0 aromatic carbocycles. The molecule has 1 aromatic rings. The molecule has 1 aliphatic rings. The van der Waals surface area contributed by atoms with Crippen molar-refractivity contribution < 1.29 is 9.90 Å². The summed E-state index contributed by atoms with van der Waals surface area (Å²) >= 11 is 0. The molecule has 5 nitrogen and oxygen atoms in total. The number of piperidine rings is 1. The van der Waals surface area contributed by atoms with E-state index in [1.807, 2.05) is 19.9 Å². The Morgan fingerprint density at radius 3 is 2.55 bits per heavy atom. The van der Waals surface area contributed by atoms with Gasteiger partial charge in [0.25, 0.3) is 0 Å². The van der Waals surface area contributed by atoms with Crippen molar-refractivity contribution in [3.05, 3.63) is 23.0 Å². The molecule has 0 aliphatic carbocycles. The number of aliphatic carboxylic acids is 1. The highest BCUT2D eigenvalue weighted by atomic mass is 16.4. The summed E-state index contributed by atoms with van der Waals surface area (Å²) in [6, 6.07) is 4.12. The van der Waals surface area contributed by atoms with E-state index in [9.17, 15) is 15.2 Å². The summed E-state index contributed by atoms with van der Waals surface area (Å²) in [5.74, 6) is -0.736. The Labute approximate surface area is 118 Å². The van der Waals surface area contributed by atoms with Crippen molar-refractivity contribution in [2.24, 2.45) is 5.41 Å². The number of carbonyl (C=O) groups is 1. The lowest BCUT2D eigenvalue weighted by molar-refractivity contribution is -0.149. The maximum atomic E-state index is 11.3. The van der Waals surface area contributed by atoms with Gasteiger partial charge in [-0.05, 0) is 39.7 Å². The largest absolute Gasteiger partial charge is 0.481 e. The van der Waals surface area contributed by atoms with Gasteiger partial charge in [0.05, 0.1) is 22.4 Å². The van der Waals surface area contributed by atoms with Crippen LogP contribution < -0.4 is 4.90 Å². The third kappa shape index (κ3) is 2.46. The fourth-order valence-corrected chi connectivity index (χ4v) is 2.65. The van der Waals surface area contributed by atoms with Crippen LogP contribution in [0.2, 0.25) is 0 Å². The fraction of sp³-hybridized carbons (Fsp3) is 0.533. The Balaban J connectivity index is 2.28. The summed E-state index contributed by atoms with van der Waals surface area (Å²) in [6.07, 6.45) is 1.18. The van der Waals surface area contributed by atoms with Crippen LogP contribution in [0.15, 0.2) is 6.07 Å². The van der Waals surface area contributed by atoms with E-state index in [1.165, 1.54) is 0 Å². The molecule has 0 amide bonds. The van der Waals surface area contributed by atoms with Crippen molar-refractivity contribution in [1.29, 1.82) is 5.26 Å². The van der Waals surface area contributed by atoms with Gasteiger partial charge >= 0.3 is 5.97 Å². The Morgan fingerprint density at radius 2 is 2.05 bits per heavy atom. The van der Waals surface area contributed by atoms with E-state index >= 15 is 0 Å². The zero-order valence-corrected chi connectivity index (χ0v) is 12.1. The first-order valence-corrected chi connectivity index (χ1v) is 6.74. The van der Waals surface area contributed by atoms with E-state index in [1.54, 1.807) is 6.92 Å². The first kappa shape index (κ1) is 14.3. The second-order valence-electron chi connectivity index (χ2n) is 5.71. The van der Waals surface area contributed by atoms with Crippen LogP contribution in [-0.2, 0) is 4.79 Å². The van der Waals surface area contributed by atoms with E-state index in [0.29, 0.717) is 31.5 Å². The normalized spacial score (nSPS) is 17.6. The molecule has 0 spiro atoms. The number of rotatable bonds is 2. The van der Waals surface area contributed by atoms with E-state index in [2.05, 4.69) is 16.0 Å². The molecular weight excluding hydrogens is 254 g/mol. The van der Waals surface area contributed by atoms with E-state index in [0.717, 1.165) is 17.1 Å². The van der Waals surface area contributed by atoms with Crippen molar-refractivity contribution in [1.82, 2.24) is 4.98 Å². The smallest absolute Gasteiger partial charge is 0.309 e. The molecule has 0 bridgehead atoms. The van der Waals surface area contributed by atoms with Crippen LogP contribution >= 0.6 is 0 Å². The Morgan fingerprint density at radius 1 is 1.45 bits per heavy atom. The van der Waals surface area contributed by atoms with Gasteiger partial charge in [-0.2, -0.15) is 5.26 Å². The molecule has 106 valence electrons. The summed E-state index contributed by atoms with van der Waals surface area (Å²) in [5, 5.41) is 18.6. The van der Waals surface area contributed by atoms with Crippen LogP contribution in [-0.4, -0.2) is 29.1 Å². The fourth-order valence-electron chi connectivity index (χ4n) is 2.65. The van der Waals surface area contributed by atoms with Crippen LogP contribution in [0.4, 0.5) is 5.69 Å². The van der Waals surface area contributed by atoms with Gasteiger partial charge in [0.1, 0.15) is 6.07 Å². The standard InChI is InChI=1S/C15H19N3O2/c1-10-8-13(12(9-16)11(2)17-10)18-6-4-15(3,5-7-18)14(19)20/h8H,4-7H2,1-3H3,(H,19,20). The highest BCUT2D eigenvalue weighted by Crippen LogP contribution is 2.34. The number of carboxylic acids is 1. The van der Waals surface area contributed by atoms with E-state index in [-0.39, 0.29) is 0 Å². The van der Waals surface area contributed by atoms with Gasteiger partial charge in [-0.25, -0.2) is 0 Å². The predicted octanol–water partition coefficient (Wildman–Crippen LogP) is 2.26. The summed E-state index contributed by atoms with van der Waals surface area (Å²) in [6.45, 7) is 6.84. The number of nitriles is 1. The average Bonchev–Trinajstić information content (AvgIpc) is 2.38. The quantitative estimate of drug-likeness (QED) is 0.894. The Hall–Kier alpha value is -2.09. The molecule has 2 rings (SSSR count). The lowest BCUT2D eigenvalue weighted by Gasteiger charge is -2.38. The van der Waals surface area contributed by atoms with Crippen LogP contribution in [0.1, 0.15) is 36.7 Å². The van der Waals surface area contributed by atoms with Crippen molar-refractivity contribution in [2.75, 3.05) is 18.0 Å². The molecule has 0 atom stereocenters. The number of aromatic nitrogens is 1. The first-order valence-electron chi connectivity index (χ1n) is 6.74. The van der Waals surface area contributed by atoms with Crippen molar-refractivity contribution in [2.45, 2.75) is 33.6 Å². The molecule has 0 saturated carbocycles. The van der Waals surface area contributed by atoms with Gasteiger partial charge in [-0.3, -0.25) is 9.78 Å². The zero-order valence-electron chi connectivity index (χ0n) is 12.1. The summed E-state index contributed by atoms with van der Waals surface area (Å²) in [4.78, 5) is 17.7. The molecule has 0 radical (unpaired) electrons. The topological polar surface area (TPSA) is 77.2 Å². The number of anilines is 1. The number of hydrogen-bond acceptors (Lipinski definition) is 4. The van der Waals surface area contributed by atoms with E-state index < -0.39 is 11.4 Å². The van der Waals surface area contributed by atoms with Crippen LogP contribution in [0.3, 0.4) is 0 Å². The van der Waals surface area contributed by atoms with Crippen LogP contribution in [0.25, 0.3) is 0 Å². The molecule has 1 aliphatic heterocycles. The lowest BCUT2D eigenvalue weighted by atomic mass is 9.80. The number of aryl methyl sites for hydroxylation is 2. The molecule has 2 heterocycles. The third-order valence-corrected chi connectivity index (χ3v) is 4.14. The number of nitrogens with zero attached hydrogens (tertiary/aromatic N) is 3. The molecule has 0 unspecified atom stereocenters. The maximum absolute atomic E-state index is 11.3. The first-order chi connectivity index (χ1) is 9.37. The van der Waals surface area contributed by atoms with Gasteiger partial charge in [0.15, 0.2) is 0 Å². The maximum Gasteiger partial charge on any atom is 0.309 e. The minimum absolute atomic E-state index is 0.591. The van der Waals surface area contributed by atoms with Gasteiger partial charge in [0, 0.05) is 18.8 Å². The van der Waals surface area contributed by atoms with Crippen LogP contribution in [0.5, 0.6) is 0 Å². The SMILES string of the molecule is Cc1cc(N2CCC(C)(C(=O)O)CC2)c(C#N)c(C)n1. The third-order valence-electron chi connectivity index (χ3n) is 4.14. The molecule has 1 saturated heterocycles. The highest BCUT2D eigenvalue weighted by molar-refractivity contribution is 5.75. The van der Waals surface area contributed by atoms with E-state index in [4.69, 9.17) is 0 Å². The molecule has 5 heteroatoms. The minimum atomic E-state index is -0.736. The Kier molecular flexibility index (Phi) is 3.67. The molecule has 20 heavy (non-hydrogen) atoms. The molecule has 1 N–H and O–H groups in total. The van der Waals surface area contributed by atoms with Gasteiger partial charge < -0.3 is 10.0 Å². The van der Waals surface area contributed by atoms with Gasteiger partial charge in [0.2, 0.25) is 0 Å². The second-order valence-corrected chi connectivity index (χ2v) is 5.71. The summed E-state index contributed by atoms with van der Waals surface area (Å²) in [5.41, 5.74) is 2.43. The molecule has 1 fully saturated rings. The Bertz CT molecular complexity index is 582. The van der Waals surface area contributed by atoms with Gasteiger partial charge in [-0.1, -0.05) is 0 Å². The lowest BCUT2D eigenvalue weighted by Crippen LogP contribution is -2.43. The monoisotopic (exact) mass is 273 g/mol. The minimum Gasteiger partial charge on any atom is -0.481 e. The second kappa shape index (κ2) is 5.12. The average molecular weight is 273 g/mol. The summed E-state index contributed by atoms with van der Waals surface area (Å²) < 4.78 is 0. The zero-order chi connectivity index (χ0) is 14.9. The van der Waals surface area contributed by atoms with Crippen molar-refractivity contribution in [3.63, 3.8) is 0 Å².